The zero-order valence-electron chi connectivity index (χ0n) is 21.5. The number of hydrogen-bond donors (Lipinski definition) is 1. The maximum absolute atomic E-state index is 14.0. The lowest BCUT2D eigenvalue weighted by atomic mass is 9.95. The molecule has 1 aliphatic rings. The summed E-state index contributed by atoms with van der Waals surface area (Å²) in [5.74, 6) is 2.42. The molecule has 0 bridgehead atoms. The van der Waals surface area contributed by atoms with Crippen LogP contribution < -0.4 is 19.1 Å². The van der Waals surface area contributed by atoms with E-state index in [0.29, 0.717) is 29.6 Å². The number of methoxy groups -OCH3 is 2. The van der Waals surface area contributed by atoms with Gasteiger partial charge in [-0.15, -0.1) is 11.6 Å². The molecule has 3 aromatic carbocycles. The van der Waals surface area contributed by atoms with Gasteiger partial charge in [-0.2, -0.15) is 0 Å². The zero-order chi connectivity index (χ0) is 25.8. The second-order valence-corrected chi connectivity index (χ2v) is 10.5. The number of H-pyrrole nitrogens is 1. The fourth-order valence-corrected chi connectivity index (χ4v) is 5.45. The Labute approximate surface area is 216 Å². The number of carbonyl (C=O) groups is 1. The fraction of sp³-hybridized carbons (Fsp3) is 0.345. The van der Waals surface area contributed by atoms with Gasteiger partial charge in [-0.05, 0) is 50.8 Å². The van der Waals surface area contributed by atoms with Crippen molar-refractivity contribution in [1.82, 2.24) is 4.98 Å². The number of carbonyl (C=O) groups excluding carboxylic acids is 1. The monoisotopic (exact) mass is 506 g/mol. The molecule has 6 nitrogen and oxygen atoms in total. The second kappa shape index (κ2) is 8.93. The smallest absolute Gasteiger partial charge is 0.274 e. The Morgan fingerprint density at radius 3 is 2.44 bits per heavy atom. The van der Waals surface area contributed by atoms with E-state index in [4.69, 9.17) is 25.8 Å². The molecule has 5 rings (SSSR count). The molecule has 0 saturated carbocycles. The predicted octanol–water partition coefficient (Wildman–Crippen LogP) is 6.81. The molecular weight excluding hydrogens is 476 g/mol. The highest BCUT2D eigenvalue weighted by atomic mass is 35.5. The van der Waals surface area contributed by atoms with E-state index in [1.807, 2.05) is 62.9 Å². The molecule has 1 N–H and O–H groups in total. The van der Waals surface area contributed by atoms with E-state index in [9.17, 15) is 4.79 Å². The Balaban J connectivity index is 1.66. The molecule has 188 valence electrons. The first-order valence-electron chi connectivity index (χ1n) is 12.0. The van der Waals surface area contributed by atoms with Gasteiger partial charge in [0.15, 0.2) is 0 Å². The van der Waals surface area contributed by atoms with Crippen LogP contribution in [0.15, 0.2) is 42.5 Å². The van der Waals surface area contributed by atoms with Gasteiger partial charge in [-0.25, -0.2) is 0 Å². The summed E-state index contributed by atoms with van der Waals surface area (Å²) >= 11 is 6.45. The van der Waals surface area contributed by atoms with Gasteiger partial charge >= 0.3 is 0 Å². The number of nitrogens with zero attached hydrogens (tertiary/aromatic N) is 1. The molecule has 0 aliphatic carbocycles. The average Bonchev–Trinajstić information content (AvgIpc) is 3.44. The topological polar surface area (TPSA) is 63.8 Å². The van der Waals surface area contributed by atoms with Crippen LogP contribution >= 0.6 is 11.6 Å². The summed E-state index contributed by atoms with van der Waals surface area (Å²) in [5.41, 5.74) is 3.65. The van der Waals surface area contributed by atoms with Crippen LogP contribution in [0.3, 0.4) is 0 Å². The van der Waals surface area contributed by atoms with Gasteiger partial charge in [0.1, 0.15) is 28.5 Å². The summed E-state index contributed by atoms with van der Waals surface area (Å²) in [6.07, 6.45) is 0. The Morgan fingerprint density at radius 2 is 1.81 bits per heavy atom. The minimum atomic E-state index is -0.388. The van der Waals surface area contributed by atoms with E-state index in [1.54, 1.807) is 14.2 Å². The van der Waals surface area contributed by atoms with Crippen molar-refractivity contribution in [2.75, 3.05) is 31.5 Å². The Bertz CT molecular complexity index is 1480. The van der Waals surface area contributed by atoms with Crippen LogP contribution in [0.5, 0.6) is 17.2 Å². The third-order valence-corrected chi connectivity index (χ3v) is 7.08. The van der Waals surface area contributed by atoms with Gasteiger partial charge in [0.05, 0.1) is 25.4 Å². The highest BCUT2D eigenvalue weighted by Gasteiger charge is 2.36. The third-order valence-electron chi connectivity index (χ3n) is 6.70. The number of rotatable bonds is 5. The lowest BCUT2D eigenvalue weighted by Crippen LogP contribution is -2.30. The molecular formula is C29H31ClN2O4. The number of amides is 1. The Hall–Kier alpha value is -3.38. The zero-order valence-corrected chi connectivity index (χ0v) is 22.2. The third kappa shape index (κ3) is 3.94. The predicted molar refractivity (Wildman–Crippen MR) is 146 cm³/mol. The van der Waals surface area contributed by atoms with Gasteiger partial charge in [0.25, 0.3) is 5.91 Å². The van der Waals surface area contributed by atoms with Gasteiger partial charge < -0.3 is 24.1 Å². The molecule has 1 amide bonds. The summed E-state index contributed by atoms with van der Waals surface area (Å²) in [7, 11) is 3.24. The van der Waals surface area contributed by atoms with E-state index in [2.05, 4.69) is 17.1 Å². The number of benzene rings is 3. The van der Waals surface area contributed by atoms with Crippen LogP contribution in [0.4, 0.5) is 5.69 Å². The molecule has 0 unspecified atom stereocenters. The van der Waals surface area contributed by atoms with Crippen molar-refractivity contribution in [3.8, 4) is 17.2 Å². The van der Waals surface area contributed by atoms with Gasteiger partial charge in [0.2, 0.25) is 0 Å². The summed E-state index contributed by atoms with van der Waals surface area (Å²) in [5, 5.41) is 2.93. The van der Waals surface area contributed by atoms with Gasteiger partial charge in [0, 0.05) is 40.7 Å². The van der Waals surface area contributed by atoms with Crippen LogP contribution in [-0.4, -0.2) is 43.1 Å². The molecule has 2 heterocycles. The molecule has 4 aromatic rings. The summed E-state index contributed by atoms with van der Waals surface area (Å²) < 4.78 is 17.5. The van der Waals surface area contributed by atoms with Crippen molar-refractivity contribution in [3.05, 3.63) is 59.3 Å². The molecule has 1 aromatic heterocycles. The first-order valence-corrected chi connectivity index (χ1v) is 12.6. The molecule has 1 atom stereocenters. The van der Waals surface area contributed by atoms with Crippen molar-refractivity contribution in [3.63, 3.8) is 0 Å². The molecule has 36 heavy (non-hydrogen) atoms. The van der Waals surface area contributed by atoms with E-state index >= 15 is 0 Å². The summed E-state index contributed by atoms with van der Waals surface area (Å²) in [4.78, 5) is 19.1. The summed E-state index contributed by atoms with van der Waals surface area (Å²) in [6.45, 7) is 8.49. The second-order valence-electron chi connectivity index (χ2n) is 10.2. The van der Waals surface area contributed by atoms with Crippen LogP contribution in [0.25, 0.3) is 21.7 Å². The normalized spacial score (nSPS) is 15.4. The molecule has 0 saturated heterocycles. The van der Waals surface area contributed by atoms with Crippen molar-refractivity contribution in [2.45, 2.75) is 39.2 Å². The number of hydrogen-bond acceptors (Lipinski definition) is 4. The lowest BCUT2D eigenvalue weighted by Gasteiger charge is -2.25. The lowest BCUT2D eigenvalue weighted by molar-refractivity contribution is 0.0984. The standard InChI is InChI=1S/C29H31ClN2O4/c1-16-23(34-5)12-17-11-21(31-26(17)27(16)35-6)28(33)32-15-18(14-30)25-20-10-8-7-9-19(20)24(13-22(25)32)36-29(2,3)4/h7-13,18,31H,14-15H2,1-6H3/t18-/m1/s1. The highest BCUT2D eigenvalue weighted by molar-refractivity contribution is 6.19. The SMILES string of the molecule is COc1cc2cc(C(=O)N3C[C@@H](CCl)c4c3cc(OC(C)(C)C)c3ccccc43)[nH]c2c(OC)c1C. The molecule has 1 aliphatic heterocycles. The Kier molecular flexibility index (Phi) is 6.03. The van der Waals surface area contributed by atoms with Crippen LogP contribution in [0.2, 0.25) is 0 Å². The van der Waals surface area contributed by atoms with Crippen LogP contribution in [-0.2, 0) is 0 Å². The van der Waals surface area contributed by atoms with Crippen molar-refractivity contribution in [2.24, 2.45) is 0 Å². The van der Waals surface area contributed by atoms with Crippen molar-refractivity contribution in [1.29, 1.82) is 0 Å². The number of ether oxygens (including phenoxy) is 3. The first kappa shape index (κ1) is 24.3. The number of alkyl halides is 1. The van der Waals surface area contributed by atoms with Gasteiger partial charge in [-0.3, -0.25) is 4.79 Å². The van der Waals surface area contributed by atoms with E-state index in [1.165, 1.54) is 0 Å². The number of aromatic nitrogens is 1. The molecule has 0 radical (unpaired) electrons. The largest absolute Gasteiger partial charge is 0.496 e. The highest BCUT2D eigenvalue weighted by Crippen LogP contribution is 2.47. The number of aromatic amines is 1. The quantitative estimate of drug-likeness (QED) is 0.302. The Morgan fingerprint density at radius 1 is 1.08 bits per heavy atom. The van der Waals surface area contributed by atoms with Crippen molar-refractivity contribution < 1.29 is 19.0 Å². The van der Waals surface area contributed by atoms with E-state index in [0.717, 1.165) is 44.2 Å². The minimum absolute atomic E-state index is 0.0143. The molecule has 7 heteroatoms. The summed E-state index contributed by atoms with van der Waals surface area (Å²) in [6, 6.07) is 13.9. The number of nitrogens with one attached hydrogen (secondary N) is 1. The van der Waals surface area contributed by atoms with E-state index in [-0.39, 0.29) is 17.4 Å². The van der Waals surface area contributed by atoms with E-state index < -0.39 is 0 Å². The van der Waals surface area contributed by atoms with Crippen LogP contribution in [0, 0.1) is 6.92 Å². The number of halogens is 1. The van der Waals surface area contributed by atoms with Crippen LogP contribution in [0.1, 0.15) is 48.3 Å². The first-order chi connectivity index (χ1) is 17.2. The molecule has 0 spiro atoms. The minimum Gasteiger partial charge on any atom is -0.496 e. The van der Waals surface area contributed by atoms with Gasteiger partial charge in [-0.1, -0.05) is 24.3 Å². The maximum Gasteiger partial charge on any atom is 0.274 e. The maximum atomic E-state index is 14.0. The van der Waals surface area contributed by atoms with Crippen molar-refractivity contribution >= 4 is 44.9 Å². The fourth-order valence-electron chi connectivity index (χ4n) is 5.19. The number of anilines is 1. The molecule has 0 fully saturated rings. The number of fused-ring (bicyclic) bond motifs is 4. The average molecular weight is 507 g/mol.